The van der Waals surface area contributed by atoms with Crippen molar-refractivity contribution in [2.75, 3.05) is 37.5 Å². The molecular formula is C54H62ClN2O7S2+. The van der Waals surface area contributed by atoms with E-state index in [1.807, 2.05) is 6.92 Å². The van der Waals surface area contributed by atoms with Crippen molar-refractivity contribution >= 4 is 70.5 Å². The molecule has 0 amide bonds. The highest BCUT2D eigenvalue weighted by atomic mass is 35.5. The molecule has 5 aromatic carbocycles. The lowest BCUT2D eigenvalue weighted by molar-refractivity contribution is -0.437. The normalized spacial score (nSPS) is 18.7. The number of fused-ring (bicyclic) bond motifs is 6. The Balaban J connectivity index is 0.000000517. The SMILES string of the molecule is CCC[N+]1=C(/C=C/C2=C(Cl)C(=C/C=C3/N(CCS(=O)(=O)OC(C)COC)c4ccc5ccccc5c4C3(C)C)/CCC2)C(C)(C)c2c1ccc1ccccc21.Cc1ccc(S(=O)(=O)O)cc1. The van der Waals surface area contributed by atoms with Crippen molar-refractivity contribution in [3.05, 3.63) is 160 Å². The van der Waals surface area contributed by atoms with Crippen LogP contribution < -0.4 is 4.90 Å². The number of anilines is 1. The van der Waals surface area contributed by atoms with Crippen LogP contribution in [0.1, 0.15) is 83.9 Å². The Morgan fingerprint density at radius 3 is 2.09 bits per heavy atom. The first-order valence-electron chi connectivity index (χ1n) is 22.7. The number of allylic oxidation sites excluding steroid dienone is 8. The molecule has 8 rings (SSSR count). The molecule has 0 saturated carbocycles. The van der Waals surface area contributed by atoms with Crippen LogP contribution >= 0.6 is 11.6 Å². The maximum atomic E-state index is 13.2. The molecule has 1 unspecified atom stereocenters. The van der Waals surface area contributed by atoms with E-state index in [9.17, 15) is 16.8 Å². The van der Waals surface area contributed by atoms with Gasteiger partial charge in [-0.3, -0.25) is 8.74 Å². The molecule has 5 aromatic rings. The number of nitrogens with zero attached hydrogens (tertiary/aromatic N) is 2. The van der Waals surface area contributed by atoms with Gasteiger partial charge in [0.05, 0.1) is 28.8 Å². The molecule has 0 aromatic heterocycles. The fourth-order valence-electron chi connectivity index (χ4n) is 9.82. The number of benzene rings is 5. The Kier molecular flexibility index (Phi) is 14.7. The van der Waals surface area contributed by atoms with Crippen LogP contribution in [0.4, 0.5) is 11.4 Å². The summed E-state index contributed by atoms with van der Waals surface area (Å²) in [6.45, 7) is 16.3. The van der Waals surface area contributed by atoms with Gasteiger partial charge in [-0.1, -0.05) is 117 Å². The van der Waals surface area contributed by atoms with Crippen LogP contribution in [0, 0.1) is 6.92 Å². The maximum Gasteiger partial charge on any atom is 0.294 e. The average Bonchev–Trinajstić information content (AvgIpc) is 3.63. The number of halogens is 1. The molecule has 0 spiro atoms. The minimum Gasteiger partial charge on any atom is -0.382 e. The quantitative estimate of drug-likeness (QED) is 0.0705. The van der Waals surface area contributed by atoms with E-state index in [1.165, 1.54) is 57.9 Å². The molecule has 1 atom stereocenters. The van der Waals surface area contributed by atoms with Gasteiger partial charge in [0.15, 0.2) is 5.71 Å². The van der Waals surface area contributed by atoms with Crippen LogP contribution in [0.3, 0.4) is 0 Å². The molecule has 1 aliphatic carbocycles. The van der Waals surface area contributed by atoms with E-state index in [0.29, 0.717) is 0 Å². The van der Waals surface area contributed by atoms with E-state index in [2.05, 4.69) is 141 Å². The first-order valence-corrected chi connectivity index (χ1v) is 26.1. The molecule has 0 fully saturated rings. The summed E-state index contributed by atoms with van der Waals surface area (Å²) in [6.07, 6.45) is 12.2. The number of hydrogen-bond donors (Lipinski definition) is 1. The van der Waals surface area contributed by atoms with Crippen molar-refractivity contribution in [3.8, 4) is 0 Å². The summed E-state index contributed by atoms with van der Waals surface area (Å²) in [4.78, 5) is 2.09. The first-order chi connectivity index (χ1) is 31.3. The molecule has 9 nitrogen and oxygen atoms in total. The highest BCUT2D eigenvalue weighted by Gasteiger charge is 2.45. The standard InChI is InChI=1S/C47H54ClN2O4S.C7H8O3S/c1-8-28-49-39-24-20-33-14-9-11-18-37(33)43(39)46(3,4)41(49)26-22-35-16-13-17-36(45(35)48)23-27-42-47(5,6)44-38-19-12-10-15-34(38)21-25-40(44)50(42)29-30-55(51,52)54-32(2)31-53-7;1-6-2-4-7(5-3-6)11(8,9)10/h9-12,14-15,18-27,32H,8,13,16-17,28-31H2,1-7H3;2-5H,1H3,(H,8,9,10)/q+1;. The Bertz CT molecular complexity index is 3040. The van der Waals surface area contributed by atoms with Crippen molar-refractivity contribution in [2.45, 2.75) is 96.0 Å². The topological polar surface area (TPSA) is 113 Å². The molecule has 66 heavy (non-hydrogen) atoms. The monoisotopic (exact) mass is 949 g/mol. The third-order valence-corrected chi connectivity index (χ3v) is 15.5. The van der Waals surface area contributed by atoms with Crippen LogP contribution in [-0.2, 0) is 40.0 Å². The van der Waals surface area contributed by atoms with E-state index in [4.69, 9.17) is 25.1 Å². The van der Waals surface area contributed by atoms with Gasteiger partial charge in [0.2, 0.25) is 5.69 Å². The molecule has 0 bridgehead atoms. The Hall–Kier alpha value is -4.88. The number of rotatable bonds is 13. The van der Waals surface area contributed by atoms with Crippen molar-refractivity contribution in [3.63, 3.8) is 0 Å². The molecule has 1 N–H and O–H groups in total. The van der Waals surface area contributed by atoms with Crippen LogP contribution in [0.15, 0.2) is 148 Å². The molecule has 0 radical (unpaired) electrons. The Morgan fingerprint density at radius 2 is 1.45 bits per heavy atom. The summed E-state index contributed by atoms with van der Waals surface area (Å²) in [5.41, 5.74) is 9.82. The summed E-state index contributed by atoms with van der Waals surface area (Å²) in [6, 6.07) is 31.9. The van der Waals surface area contributed by atoms with Gasteiger partial charge in [-0.15, -0.1) is 0 Å². The number of methoxy groups -OCH3 is 1. The molecule has 2 heterocycles. The minimum absolute atomic E-state index is 0.0666. The Labute approximate surface area is 396 Å². The maximum absolute atomic E-state index is 13.2. The fourth-order valence-corrected chi connectivity index (χ4v) is 11.7. The molecule has 0 saturated heterocycles. The van der Waals surface area contributed by atoms with Gasteiger partial charge >= 0.3 is 0 Å². The van der Waals surface area contributed by atoms with Crippen LogP contribution in [0.25, 0.3) is 21.5 Å². The van der Waals surface area contributed by atoms with E-state index in [-0.39, 0.29) is 29.2 Å². The van der Waals surface area contributed by atoms with Gasteiger partial charge < -0.3 is 9.64 Å². The van der Waals surface area contributed by atoms with Gasteiger partial charge in [-0.2, -0.15) is 21.4 Å². The van der Waals surface area contributed by atoms with Crippen molar-refractivity contribution in [1.82, 2.24) is 0 Å². The third kappa shape index (κ3) is 10.2. The molecule has 12 heteroatoms. The molecule has 3 aliphatic rings. The second-order valence-electron chi connectivity index (χ2n) is 18.5. The molecule has 2 aliphatic heterocycles. The summed E-state index contributed by atoms with van der Waals surface area (Å²) in [7, 11) is -6.29. The lowest BCUT2D eigenvalue weighted by Gasteiger charge is -2.27. The van der Waals surface area contributed by atoms with Gasteiger partial charge in [-0.05, 0) is 116 Å². The van der Waals surface area contributed by atoms with Crippen LogP contribution in [0.2, 0.25) is 0 Å². The summed E-state index contributed by atoms with van der Waals surface area (Å²) in [5, 5.41) is 5.71. The van der Waals surface area contributed by atoms with E-state index >= 15 is 0 Å². The van der Waals surface area contributed by atoms with Crippen LogP contribution in [0.5, 0.6) is 0 Å². The van der Waals surface area contributed by atoms with Crippen molar-refractivity contribution in [2.24, 2.45) is 0 Å². The summed E-state index contributed by atoms with van der Waals surface area (Å²) in [5.74, 6) is -0.156. The lowest BCUT2D eigenvalue weighted by Crippen LogP contribution is -2.32. The second kappa shape index (κ2) is 19.8. The average molecular weight is 951 g/mol. The number of hydrogen-bond acceptors (Lipinski definition) is 7. The van der Waals surface area contributed by atoms with E-state index in [0.717, 1.165) is 70.7 Å². The zero-order chi connectivity index (χ0) is 47.6. The highest BCUT2D eigenvalue weighted by molar-refractivity contribution is 7.86. The van der Waals surface area contributed by atoms with Crippen molar-refractivity contribution in [1.29, 1.82) is 0 Å². The number of ether oxygens (including phenoxy) is 1. The first kappa shape index (κ1) is 49.0. The van der Waals surface area contributed by atoms with Gasteiger partial charge in [0, 0.05) is 59.6 Å². The minimum atomic E-state index is -4.02. The molecular weight excluding hydrogens is 888 g/mol. The largest absolute Gasteiger partial charge is 0.382 e. The highest BCUT2D eigenvalue weighted by Crippen LogP contribution is 2.51. The fraction of sp³-hybridized carbons (Fsp3) is 0.352. The number of aryl methyl sites for hydroxylation is 1. The van der Waals surface area contributed by atoms with Gasteiger partial charge in [-0.25, -0.2) is 0 Å². The summed E-state index contributed by atoms with van der Waals surface area (Å²) < 4.78 is 68.9. The zero-order valence-electron chi connectivity index (χ0n) is 39.3. The predicted octanol–water partition coefficient (Wildman–Crippen LogP) is 12.2. The summed E-state index contributed by atoms with van der Waals surface area (Å²) >= 11 is 7.31. The molecule has 348 valence electrons. The zero-order valence-corrected chi connectivity index (χ0v) is 41.7. The Morgan fingerprint density at radius 1 is 0.818 bits per heavy atom. The van der Waals surface area contributed by atoms with Crippen molar-refractivity contribution < 1.29 is 34.9 Å². The van der Waals surface area contributed by atoms with Gasteiger partial charge in [0.1, 0.15) is 6.54 Å². The van der Waals surface area contributed by atoms with E-state index in [1.54, 1.807) is 19.1 Å². The third-order valence-electron chi connectivity index (χ3n) is 12.9. The second-order valence-corrected chi connectivity index (χ2v) is 22.0. The predicted molar refractivity (Wildman–Crippen MR) is 271 cm³/mol. The van der Waals surface area contributed by atoms with E-state index < -0.39 is 31.8 Å². The smallest absolute Gasteiger partial charge is 0.294 e. The van der Waals surface area contributed by atoms with Gasteiger partial charge in [0.25, 0.3) is 20.2 Å². The lowest BCUT2D eigenvalue weighted by atomic mass is 9.78. The van der Waals surface area contributed by atoms with Crippen LogP contribution in [-0.4, -0.2) is 70.3 Å².